The van der Waals surface area contributed by atoms with Crippen molar-refractivity contribution >= 4 is 0 Å². The van der Waals surface area contributed by atoms with E-state index in [0.717, 1.165) is 17.2 Å². The minimum absolute atomic E-state index is 0.229. The van der Waals surface area contributed by atoms with Crippen LogP contribution in [0.15, 0.2) is 18.2 Å². The van der Waals surface area contributed by atoms with Crippen molar-refractivity contribution in [1.29, 1.82) is 5.26 Å². The normalized spacial score (nSPS) is 11.0. The van der Waals surface area contributed by atoms with Gasteiger partial charge in [0.2, 0.25) is 0 Å². The van der Waals surface area contributed by atoms with E-state index < -0.39 is 5.92 Å². The first-order valence-corrected chi connectivity index (χ1v) is 3.83. The third-order valence-electron chi connectivity index (χ3n) is 1.72. The highest BCUT2D eigenvalue weighted by molar-refractivity contribution is 5.33. The molecule has 0 aliphatic heterocycles. The fraction of sp³-hybridized carbons (Fsp3) is 0.300. The van der Waals surface area contributed by atoms with Gasteiger partial charge >= 0.3 is 5.92 Å². The van der Waals surface area contributed by atoms with Gasteiger partial charge in [0, 0.05) is 5.56 Å². The number of alkyl halides is 2. The monoisotopic (exact) mass is 181 g/mol. The Labute approximate surface area is 75.6 Å². The van der Waals surface area contributed by atoms with Gasteiger partial charge in [-0.05, 0) is 26.0 Å². The van der Waals surface area contributed by atoms with Crippen molar-refractivity contribution in [2.45, 2.75) is 19.8 Å². The van der Waals surface area contributed by atoms with Gasteiger partial charge in [-0.25, -0.2) is 0 Å². The maximum Gasteiger partial charge on any atom is 0.357 e. The molecule has 0 saturated carbocycles. The first-order chi connectivity index (χ1) is 5.95. The summed E-state index contributed by atoms with van der Waals surface area (Å²) in [4.78, 5) is 0. The molecule has 0 unspecified atom stereocenters. The molecule has 13 heavy (non-hydrogen) atoms. The minimum Gasteiger partial charge on any atom is -0.191 e. The van der Waals surface area contributed by atoms with Crippen molar-refractivity contribution < 1.29 is 8.78 Å². The number of hydrogen-bond acceptors (Lipinski definition) is 1. The average molecular weight is 181 g/mol. The molecule has 1 rings (SSSR count). The van der Waals surface area contributed by atoms with E-state index >= 15 is 0 Å². The molecule has 0 aromatic heterocycles. The molecule has 0 aliphatic carbocycles. The van der Waals surface area contributed by atoms with Crippen molar-refractivity contribution in [3.05, 3.63) is 34.9 Å². The summed E-state index contributed by atoms with van der Waals surface area (Å²) in [5, 5.41) is 8.23. The van der Waals surface area contributed by atoms with E-state index in [0.29, 0.717) is 0 Å². The zero-order valence-electron chi connectivity index (χ0n) is 7.44. The second-order valence-electron chi connectivity index (χ2n) is 3.06. The molecule has 0 radical (unpaired) electrons. The van der Waals surface area contributed by atoms with Crippen molar-refractivity contribution in [2.24, 2.45) is 0 Å². The lowest BCUT2D eigenvalue weighted by atomic mass is 10.0. The SMILES string of the molecule is Cc1cc(C)cc(C(F)(F)C#N)c1. The van der Waals surface area contributed by atoms with Gasteiger partial charge < -0.3 is 0 Å². The molecule has 0 amide bonds. The van der Waals surface area contributed by atoms with E-state index in [1.165, 1.54) is 12.1 Å². The fourth-order valence-electron chi connectivity index (χ4n) is 1.22. The summed E-state index contributed by atoms with van der Waals surface area (Å²) >= 11 is 0. The molecule has 0 N–H and O–H groups in total. The number of hydrogen-bond donors (Lipinski definition) is 0. The zero-order valence-corrected chi connectivity index (χ0v) is 7.44. The predicted molar refractivity (Wildman–Crippen MR) is 45.4 cm³/mol. The van der Waals surface area contributed by atoms with Crippen LogP contribution in [0.25, 0.3) is 0 Å². The average Bonchev–Trinajstić information content (AvgIpc) is 2.02. The van der Waals surface area contributed by atoms with Crippen LogP contribution in [0.1, 0.15) is 16.7 Å². The van der Waals surface area contributed by atoms with Crippen molar-refractivity contribution in [3.8, 4) is 6.07 Å². The van der Waals surface area contributed by atoms with Crippen molar-refractivity contribution in [3.63, 3.8) is 0 Å². The molecule has 0 fully saturated rings. The van der Waals surface area contributed by atoms with Gasteiger partial charge in [0.05, 0.1) is 0 Å². The summed E-state index contributed by atoms with van der Waals surface area (Å²) in [7, 11) is 0. The highest BCUT2D eigenvalue weighted by Gasteiger charge is 2.31. The number of nitriles is 1. The van der Waals surface area contributed by atoms with Crippen molar-refractivity contribution in [2.75, 3.05) is 0 Å². The van der Waals surface area contributed by atoms with Crippen LogP contribution < -0.4 is 0 Å². The molecule has 0 aliphatic rings. The summed E-state index contributed by atoms with van der Waals surface area (Å²) in [6.45, 7) is 3.45. The lowest BCUT2D eigenvalue weighted by Crippen LogP contribution is -2.10. The number of benzene rings is 1. The topological polar surface area (TPSA) is 23.8 Å². The molecular formula is C10H9F2N. The van der Waals surface area contributed by atoms with Gasteiger partial charge in [-0.2, -0.15) is 14.0 Å². The first-order valence-electron chi connectivity index (χ1n) is 3.83. The van der Waals surface area contributed by atoms with Crippen LogP contribution in [0.3, 0.4) is 0 Å². The number of rotatable bonds is 1. The smallest absolute Gasteiger partial charge is 0.191 e. The van der Waals surface area contributed by atoms with E-state index in [-0.39, 0.29) is 5.56 Å². The van der Waals surface area contributed by atoms with Gasteiger partial charge in [0.25, 0.3) is 0 Å². The number of nitrogens with zero attached hydrogens (tertiary/aromatic N) is 1. The molecule has 0 saturated heterocycles. The van der Waals surface area contributed by atoms with Gasteiger partial charge in [-0.15, -0.1) is 0 Å². The molecule has 3 heteroatoms. The summed E-state index contributed by atoms with van der Waals surface area (Å²) in [6.07, 6.45) is 0. The fourth-order valence-corrected chi connectivity index (χ4v) is 1.22. The zero-order chi connectivity index (χ0) is 10.1. The molecule has 0 atom stereocenters. The van der Waals surface area contributed by atoms with Crippen LogP contribution in [-0.2, 0) is 5.92 Å². The summed E-state index contributed by atoms with van der Waals surface area (Å²) in [5.41, 5.74) is 1.25. The van der Waals surface area contributed by atoms with Crippen LogP contribution in [0, 0.1) is 25.2 Å². The second-order valence-corrected chi connectivity index (χ2v) is 3.06. The van der Waals surface area contributed by atoms with E-state index in [2.05, 4.69) is 0 Å². The standard InChI is InChI=1S/C10H9F2N/c1-7-3-8(2)5-9(4-7)10(11,12)6-13/h3-5H,1-2H3. The Morgan fingerprint density at radius 1 is 1.15 bits per heavy atom. The molecule has 1 aromatic rings. The Kier molecular flexibility index (Phi) is 2.33. The Morgan fingerprint density at radius 3 is 2.00 bits per heavy atom. The molecule has 0 spiro atoms. The number of aryl methyl sites for hydroxylation is 2. The Balaban J connectivity index is 3.25. The highest BCUT2D eigenvalue weighted by Crippen LogP contribution is 2.28. The molecule has 1 nitrogen and oxygen atoms in total. The van der Waals surface area contributed by atoms with Gasteiger partial charge in [-0.3, -0.25) is 0 Å². The lowest BCUT2D eigenvalue weighted by Gasteiger charge is -2.09. The summed E-state index contributed by atoms with van der Waals surface area (Å²) < 4.78 is 25.8. The summed E-state index contributed by atoms with van der Waals surface area (Å²) in [6, 6.07) is 5.43. The number of halogens is 2. The maximum atomic E-state index is 12.9. The van der Waals surface area contributed by atoms with E-state index in [4.69, 9.17) is 5.26 Å². The van der Waals surface area contributed by atoms with E-state index in [1.807, 2.05) is 0 Å². The van der Waals surface area contributed by atoms with Crippen LogP contribution in [0.5, 0.6) is 0 Å². The van der Waals surface area contributed by atoms with Gasteiger partial charge in [0.15, 0.2) is 0 Å². The molecular weight excluding hydrogens is 172 g/mol. The van der Waals surface area contributed by atoms with Crippen molar-refractivity contribution in [1.82, 2.24) is 0 Å². The third-order valence-corrected chi connectivity index (χ3v) is 1.72. The molecule has 0 heterocycles. The Hall–Kier alpha value is -1.43. The van der Waals surface area contributed by atoms with Crippen LogP contribution >= 0.6 is 0 Å². The minimum atomic E-state index is -3.38. The molecule has 68 valence electrons. The lowest BCUT2D eigenvalue weighted by molar-refractivity contribution is 0.0611. The predicted octanol–water partition coefficient (Wildman–Crippen LogP) is 2.92. The second kappa shape index (κ2) is 3.14. The third kappa shape index (κ3) is 2.03. The maximum absolute atomic E-state index is 12.9. The first kappa shape index (κ1) is 9.66. The Morgan fingerprint density at radius 2 is 1.62 bits per heavy atom. The van der Waals surface area contributed by atoms with Crippen LogP contribution in [0.4, 0.5) is 8.78 Å². The van der Waals surface area contributed by atoms with Gasteiger partial charge in [0.1, 0.15) is 6.07 Å². The quantitative estimate of drug-likeness (QED) is 0.653. The summed E-state index contributed by atoms with van der Waals surface area (Å²) in [5.74, 6) is -3.38. The van der Waals surface area contributed by atoms with E-state index in [9.17, 15) is 8.78 Å². The van der Waals surface area contributed by atoms with Crippen LogP contribution in [-0.4, -0.2) is 0 Å². The van der Waals surface area contributed by atoms with Gasteiger partial charge in [-0.1, -0.05) is 17.2 Å². The largest absolute Gasteiger partial charge is 0.357 e. The molecule has 0 bridgehead atoms. The molecule has 1 aromatic carbocycles. The van der Waals surface area contributed by atoms with Crippen LogP contribution in [0.2, 0.25) is 0 Å². The Bertz CT molecular complexity index is 343. The van der Waals surface area contributed by atoms with E-state index in [1.54, 1.807) is 19.9 Å². The highest BCUT2D eigenvalue weighted by atomic mass is 19.3.